The molecule has 392 valence electrons. The fourth-order valence-electron chi connectivity index (χ4n) is 10.8. The Balaban J connectivity index is 1.18. The van der Waals surface area contributed by atoms with Gasteiger partial charge in [-0.15, -0.1) is 0 Å². The van der Waals surface area contributed by atoms with Crippen LogP contribution in [0.15, 0.2) is 36.4 Å². The van der Waals surface area contributed by atoms with Crippen LogP contribution in [0.4, 0.5) is 18.4 Å². The van der Waals surface area contributed by atoms with Crippen LogP contribution in [0.3, 0.4) is 0 Å². The van der Waals surface area contributed by atoms with Crippen LogP contribution in [0.25, 0.3) is 33.2 Å². The number of piperidine rings is 1. The topological polar surface area (TPSA) is 189 Å². The van der Waals surface area contributed by atoms with Crippen molar-refractivity contribution < 1.29 is 47.0 Å². The Hall–Kier alpha value is -6.20. The SMILES string of the molecule is CC[C@H](NC(=O)[C@H](C)N(C)C(=O)OC(C)(C)C)C(=O)N1CCC[C@H]1Cc1c(-c2[nH]c3cc(F)ccc3c2C[C@@H]2C3CCC(C3)N2C(=O)[C@H](CC)NC(=O)[C@H](C)N(C)C(=O)OC(C)(C)C)[nH]c2cc(F)ccc12. The van der Waals surface area contributed by atoms with Gasteiger partial charge in [0.15, 0.2) is 0 Å². The highest BCUT2D eigenvalue weighted by Gasteiger charge is 2.50. The summed E-state index contributed by atoms with van der Waals surface area (Å²) >= 11 is 0. The molecule has 2 aromatic heterocycles. The van der Waals surface area contributed by atoms with Crippen LogP contribution < -0.4 is 10.6 Å². The second kappa shape index (κ2) is 21.1. The molecule has 0 radical (unpaired) electrons. The number of H-pyrrole nitrogens is 2. The summed E-state index contributed by atoms with van der Waals surface area (Å²) in [6, 6.07) is 4.96. The number of likely N-dealkylation sites (N-methyl/N-ethyl adjacent to an activating group) is 2. The molecule has 72 heavy (non-hydrogen) atoms. The third kappa shape index (κ3) is 11.4. The number of ether oxygens (including phenoxy) is 2. The first-order chi connectivity index (χ1) is 33.8. The molecule has 4 aromatic rings. The van der Waals surface area contributed by atoms with Crippen molar-refractivity contribution in [2.45, 2.75) is 181 Å². The van der Waals surface area contributed by atoms with Crippen molar-refractivity contribution in [1.82, 2.24) is 40.2 Å². The van der Waals surface area contributed by atoms with Crippen LogP contribution in [0.1, 0.15) is 125 Å². The summed E-state index contributed by atoms with van der Waals surface area (Å²) in [5, 5.41) is 7.34. The van der Waals surface area contributed by atoms with E-state index in [0.29, 0.717) is 67.5 Å². The molecule has 16 nitrogen and oxygen atoms in total. The molecule has 2 bridgehead atoms. The Morgan fingerprint density at radius 2 is 1.18 bits per heavy atom. The summed E-state index contributed by atoms with van der Waals surface area (Å²) in [5.74, 6) is -2.15. The molecule has 1 aliphatic carbocycles. The number of aromatic amines is 2. The highest BCUT2D eigenvalue weighted by atomic mass is 19.1. The number of rotatable bonds is 15. The van der Waals surface area contributed by atoms with Crippen LogP contribution in [0.5, 0.6) is 0 Å². The van der Waals surface area contributed by atoms with E-state index in [1.165, 1.54) is 48.2 Å². The van der Waals surface area contributed by atoms with Gasteiger partial charge >= 0.3 is 12.2 Å². The molecule has 18 heteroatoms. The standard InChI is InChI=1S/C54H74F2N8O8/c1-13-40(59-47(65)29(3)61(11)51(69)71-53(5,6)7)49(67)63-23-15-16-34(63)27-38-36-21-18-32(55)25-42(36)57-45(38)46-39(37-22-19-33(56)26-43(37)58-46)28-44-31-17-20-35(24-31)64(44)50(68)41(14-2)60-48(66)30(4)62(12)52(70)72-54(8,9)10/h18-19,21-22,25-26,29-31,34-35,40-41,44,57-58H,13-17,20,23-24,27-28H2,1-12H3,(H,59,65)(H,60,66)/t29-,30-,31?,34-,35?,40-,41-,44+/m0/s1. The summed E-state index contributed by atoms with van der Waals surface area (Å²) in [4.78, 5) is 95.3. The predicted octanol–water partition coefficient (Wildman–Crippen LogP) is 8.35. The molecule has 7 rings (SSSR count). The Kier molecular flexibility index (Phi) is 15.7. The first kappa shape index (κ1) is 53.6. The Labute approximate surface area is 421 Å². The Morgan fingerprint density at radius 1 is 0.708 bits per heavy atom. The number of hydrogen-bond acceptors (Lipinski definition) is 8. The van der Waals surface area contributed by atoms with Crippen molar-refractivity contribution in [2.24, 2.45) is 5.92 Å². The smallest absolute Gasteiger partial charge is 0.410 e. The number of halogens is 2. The van der Waals surface area contributed by atoms with E-state index in [0.717, 1.165) is 41.2 Å². The van der Waals surface area contributed by atoms with Crippen molar-refractivity contribution >= 4 is 57.6 Å². The zero-order valence-electron chi connectivity index (χ0n) is 44.0. The van der Waals surface area contributed by atoms with Gasteiger partial charge in [0, 0.05) is 60.6 Å². The number of fused-ring (bicyclic) bond motifs is 4. The van der Waals surface area contributed by atoms with Crippen molar-refractivity contribution in [3.05, 3.63) is 59.2 Å². The van der Waals surface area contributed by atoms with Crippen LogP contribution in [0.2, 0.25) is 0 Å². The van der Waals surface area contributed by atoms with Gasteiger partial charge in [0.25, 0.3) is 0 Å². The van der Waals surface area contributed by atoms with Gasteiger partial charge < -0.3 is 39.9 Å². The average Bonchev–Trinajstić information content (AvgIpc) is 4.17. The highest BCUT2D eigenvalue weighted by molar-refractivity contribution is 5.97. The van der Waals surface area contributed by atoms with Gasteiger partial charge in [-0.25, -0.2) is 18.4 Å². The summed E-state index contributed by atoms with van der Waals surface area (Å²) < 4.78 is 41.1. The lowest BCUT2D eigenvalue weighted by molar-refractivity contribution is -0.141. The normalized spacial score (nSPS) is 20.6. The Morgan fingerprint density at radius 3 is 1.65 bits per heavy atom. The van der Waals surface area contributed by atoms with Gasteiger partial charge in [-0.2, -0.15) is 0 Å². The number of aromatic nitrogens is 2. The summed E-state index contributed by atoms with van der Waals surface area (Å²) in [7, 11) is 2.97. The van der Waals surface area contributed by atoms with Gasteiger partial charge in [0.05, 0.1) is 11.4 Å². The Bertz CT molecular complexity index is 2700. The quantitative estimate of drug-likeness (QED) is 0.0914. The largest absolute Gasteiger partial charge is 0.444 e. The number of carbonyl (C=O) groups excluding carboxylic acids is 6. The molecule has 2 unspecified atom stereocenters. The van der Waals surface area contributed by atoms with Gasteiger partial charge in [0.1, 0.15) is 47.0 Å². The highest BCUT2D eigenvalue weighted by Crippen LogP contribution is 2.46. The number of nitrogens with zero attached hydrogens (tertiary/aromatic N) is 4. The molecular weight excluding hydrogens is 927 g/mol. The fraction of sp³-hybridized carbons (Fsp3) is 0.593. The van der Waals surface area contributed by atoms with Crippen molar-refractivity contribution in [1.29, 1.82) is 0 Å². The molecule has 4 heterocycles. The lowest BCUT2D eigenvalue weighted by atomic mass is 9.89. The molecule has 2 aliphatic heterocycles. The average molecular weight is 1000 g/mol. The molecule has 2 aromatic carbocycles. The van der Waals surface area contributed by atoms with E-state index in [2.05, 4.69) is 20.6 Å². The predicted molar refractivity (Wildman–Crippen MR) is 271 cm³/mol. The van der Waals surface area contributed by atoms with E-state index in [1.54, 1.807) is 67.5 Å². The maximum absolute atomic E-state index is 15.1. The van der Waals surface area contributed by atoms with E-state index in [1.807, 2.05) is 23.6 Å². The van der Waals surface area contributed by atoms with E-state index < -0.39 is 71.0 Å². The molecule has 8 atom stereocenters. The second-order valence-electron chi connectivity index (χ2n) is 22.1. The minimum atomic E-state index is -0.920. The number of carbonyl (C=O) groups is 6. The van der Waals surface area contributed by atoms with Gasteiger partial charge in [-0.3, -0.25) is 29.0 Å². The van der Waals surface area contributed by atoms with E-state index in [4.69, 9.17) is 9.47 Å². The summed E-state index contributed by atoms with van der Waals surface area (Å²) in [6.45, 7) is 17.7. The zero-order chi connectivity index (χ0) is 52.7. The maximum Gasteiger partial charge on any atom is 0.410 e. The minimum absolute atomic E-state index is 0.0465. The van der Waals surface area contributed by atoms with Crippen LogP contribution in [-0.2, 0) is 41.5 Å². The lowest BCUT2D eigenvalue weighted by Gasteiger charge is -2.38. The molecule has 3 aliphatic rings. The van der Waals surface area contributed by atoms with Crippen molar-refractivity contribution in [3.63, 3.8) is 0 Å². The summed E-state index contributed by atoms with van der Waals surface area (Å²) in [5.41, 5.74) is 2.55. The first-order valence-corrected chi connectivity index (χ1v) is 25.6. The molecule has 0 spiro atoms. The maximum atomic E-state index is 15.1. The van der Waals surface area contributed by atoms with Gasteiger partial charge in [-0.05, 0) is 167 Å². The van der Waals surface area contributed by atoms with Gasteiger partial charge in [-0.1, -0.05) is 13.8 Å². The minimum Gasteiger partial charge on any atom is -0.444 e. The molecule has 3 fully saturated rings. The monoisotopic (exact) mass is 1000 g/mol. The fourth-order valence-corrected chi connectivity index (χ4v) is 10.8. The van der Waals surface area contributed by atoms with E-state index in [9.17, 15) is 28.8 Å². The summed E-state index contributed by atoms with van der Waals surface area (Å²) in [6.07, 6.45) is 3.98. The number of benzene rings is 2. The number of hydrogen-bond donors (Lipinski definition) is 4. The van der Waals surface area contributed by atoms with Crippen LogP contribution >= 0.6 is 0 Å². The molecular formula is C54H74F2N8O8. The van der Waals surface area contributed by atoms with Gasteiger partial charge in [0.2, 0.25) is 23.6 Å². The molecule has 4 N–H and O–H groups in total. The lowest BCUT2D eigenvalue weighted by Crippen LogP contribution is -2.57. The number of likely N-dealkylation sites (tertiary alicyclic amines) is 2. The molecule has 2 saturated heterocycles. The van der Waals surface area contributed by atoms with Crippen molar-refractivity contribution in [3.8, 4) is 11.4 Å². The van der Waals surface area contributed by atoms with E-state index >= 15 is 8.78 Å². The third-order valence-electron chi connectivity index (χ3n) is 14.8. The second-order valence-corrected chi connectivity index (χ2v) is 22.1. The molecule has 1 saturated carbocycles. The number of nitrogens with one attached hydrogen (secondary N) is 4. The zero-order valence-corrected chi connectivity index (χ0v) is 44.0. The van der Waals surface area contributed by atoms with Crippen molar-refractivity contribution in [2.75, 3.05) is 20.6 Å². The third-order valence-corrected chi connectivity index (χ3v) is 14.8. The van der Waals surface area contributed by atoms with Crippen LogP contribution in [-0.4, -0.2) is 140 Å². The van der Waals surface area contributed by atoms with E-state index in [-0.39, 0.29) is 35.9 Å². The molecule has 6 amide bonds. The number of amides is 6. The first-order valence-electron chi connectivity index (χ1n) is 25.6. The van der Waals surface area contributed by atoms with Crippen LogP contribution in [0, 0.1) is 17.6 Å².